The maximum absolute atomic E-state index is 13.5. The van der Waals surface area contributed by atoms with Gasteiger partial charge in [-0.25, -0.2) is 4.39 Å². The highest BCUT2D eigenvalue weighted by Crippen LogP contribution is 2.10. The molecule has 0 bridgehead atoms. The Morgan fingerprint density at radius 3 is 2.56 bits per heavy atom. The predicted octanol–water partition coefficient (Wildman–Crippen LogP) is 1.42. The average Bonchev–Trinajstić information content (AvgIpc) is 2.38. The Labute approximate surface area is 106 Å². The minimum Gasteiger partial charge on any atom is -0.358 e. The largest absolute Gasteiger partial charge is 0.358 e. The first kappa shape index (κ1) is 14.2. The molecule has 18 heavy (non-hydrogen) atoms. The normalized spacial score (nSPS) is 9.94. The molecule has 0 saturated carbocycles. The van der Waals surface area contributed by atoms with Crippen molar-refractivity contribution in [2.75, 3.05) is 20.1 Å². The molecular weight excluding hydrogens is 235 g/mol. The highest BCUT2D eigenvalue weighted by atomic mass is 19.1. The quantitative estimate of drug-likeness (QED) is 0.861. The van der Waals surface area contributed by atoms with Crippen molar-refractivity contribution in [1.82, 2.24) is 10.2 Å². The second-order valence-corrected chi connectivity index (χ2v) is 3.88. The number of benzene rings is 1. The molecule has 98 valence electrons. The Morgan fingerprint density at radius 2 is 2.00 bits per heavy atom. The van der Waals surface area contributed by atoms with Crippen LogP contribution >= 0.6 is 0 Å². The maximum Gasteiger partial charge on any atom is 0.257 e. The van der Waals surface area contributed by atoms with Crippen LogP contribution < -0.4 is 5.32 Å². The number of likely N-dealkylation sites (N-methyl/N-ethyl adjacent to an activating group) is 1. The van der Waals surface area contributed by atoms with Crippen LogP contribution in [-0.4, -0.2) is 36.9 Å². The van der Waals surface area contributed by atoms with Crippen LogP contribution in [0.5, 0.6) is 0 Å². The number of amides is 2. The van der Waals surface area contributed by atoms with Gasteiger partial charge in [-0.15, -0.1) is 0 Å². The molecule has 1 aromatic rings. The van der Waals surface area contributed by atoms with Gasteiger partial charge in [0.05, 0.1) is 12.1 Å². The average molecular weight is 252 g/mol. The van der Waals surface area contributed by atoms with E-state index >= 15 is 0 Å². The number of nitrogens with one attached hydrogen (secondary N) is 1. The van der Waals surface area contributed by atoms with Gasteiger partial charge in [0, 0.05) is 13.6 Å². The molecule has 1 rings (SSSR count). The predicted molar refractivity (Wildman–Crippen MR) is 66.7 cm³/mol. The van der Waals surface area contributed by atoms with Gasteiger partial charge in [0.15, 0.2) is 0 Å². The molecule has 0 aliphatic rings. The summed E-state index contributed by atoms with van der Waals surface area (Å²) in [5.74, 6) is -1.30. The summed E-state index contributed by atoms with van der Waals surface area (Å²) in [5, 5.41) is 2.45. The van der Waals surface area contributed by atoms with E-state index in [1.807, 2.05) is 6.92 Å². The van der Waals surface area contributed by atoms with E-state index in [4.69, 9.17) is 0 Å². The molecule has 0 aliphatic heterocycles. The number of rotatable bonds is 5. The maximum atomic E-state index is 13.5. The van der Waals surface area contributed by atoms with E-state index in [1.54, 1.807) is 6.07 Å². The second kappa shape index (κ2) is 6.74. The van der Waals surface area contributed by atoms with Crippen LogP contribution in [-0.2, 0) is 4.79 Å². The molecule has 0 aromatic heterocycles. The van der Waals surface area contributed by atoms with E-state index < -0.39 is 11.7 Å². The Morgan fingerprint density at radius 1 is 1.33 bits per heavy atom. The van der Waals surface area contributed by atoms with E-state index in [2.05, 4.69) is 5.32 Å². The third-order valence-electron chi connectivity index (χ3n) is 2.50. The van der Waals surface area contributed by atoms with Crippen molar-refractivity contribution in [3.05, 3.63) is 35.6 Å². The molecule has 4 nitrogen and oxygen atoms in total. The van der Waals surface area contributed by atoms with E-state index in [0.29, 0.717) is 13.0 Å². The van der Waals surface area contributed by atoms with Crippen LogP contribution in [0.15, 0.2) is 24.3 Å². The highest BCUT2D eigenvalue weighted by molar-refractivity contribution is 5.96. The topological polar surface area (TPSA) is 49.4 Å². The fraction of sp³-hybridized carbons (Fsp3) is 0.385. The zero-order valence-corrected chi connectivity index (χ0v) is 10.6. The number of halogens is 1. The molecular formula is C13H17FN2O2. The third-order valence-corrected chi connectivity index (χ3v) is 2.50. The molecule has 5 heteroatoms. The minimum absolute atomic E-state index is 0.00477. The number of hydrogen-bond acceptors (Lipinski definition) is 2. The Bertz CT molecular complexity index is 435. The Balaban J connectivity index is 2.89. The molecule has 2 amide bonds. The summed E-state index contributed by atoms with van der Waals surface area (Å²) < 4.78 is 13.5. The first-order chi connectivity index (χ1) is 8.60. The summed E-state index contributed by atoms with van der Waals surface area (Å²) in [6.45, 7) is 2.25. The van der Waals surface area contributed by atoms with Crippen molar-refractivity contribution in [1.29, 1.82) is 0 Å². The lowest BCUT2D eigenvalue weighted by Gasteiger charge is -2.21. The molecule has 0 radical (unpaired) electrons. The number of hydrogen-bond donors (Lipinski definition) is 1. The molecule has 0 spiro atoms. The van der Waals surface area contributed by atoms with Crippen LogP contribution in [0, 0.1) is 5.82 Å². The van der Waals surface area contributed by atoms with Gasteiger partial charge in [0.25, 0.3) is 5.91 Å². The zero-order valence-electron chi connectivity index (χ0n) is 10.6. The first-order valence-corrected chi connectivity index (χ1v) is 5.84. The van der Waals surface area contributed by atoms with Crippen molar-refractivity contribution in [3.8, 4) is 0 Å². The van der Waals surface area contributed by atoms with Gasteiger partial charge < -0.3 is 10.2 Å². The third kappa shape index (κ3) is 3.55. The van der Waals surface area contributed by atoms with Crippen LogP contribution in [0.25, 0.3) is 0 Å². The molecule has 0 atom stereocenters. The lowest BCUT2D eigenvalue weighted by Crippen LogP contribution is -2.40. The monoisotopic (exact) mass is 252 g/mol. The van der Waals surface area contributed by atoms with Gasteiger partial charge in [-0.3, -0.25) is 9.59 Å². The van der Waals surface area contributed by atoms with Gasteiger partial charge in [-0.2, -0.15) is 0 Å². The summed E-state index contributed by atoms with van der Waals surface area (Å²) in [6.07, 6.45) is 0.706. The smallest absolute Gasteiger partial charge is 0.257 e. The van der Waals surface area contributed by atoms with Gasteiger partial charge in [0.1, 0.15) is 5.82 Å². The van der Waals surface area contributed by atoms with E-state index in [9.17, 15) is 14.0 Å². The summed E-state index contributed by atoms with van der Waals surface area (Å²) in [5.41, 5.74) is -0.00477. The highest BCUT2D eigenvalue weighted by Gasteiger charge is 2.20. The Kier molecular flexibility index (Phi) is 5.30. The van der Waals surface area contributed by atoms with E-state index in [0.717, 1.165) is 0 Å². The lowest BCUT2D eigenvalue weighted by molar-refractivity contribution is -0.121. The van der Waals surface area contributed by atoms with Crippen LogP contribution in [0.3, 0.4) is 0 Å². The van der Waals surface area contributed by atoms with Gasteiger partial charge in [-0.05, 0) is 18.6 Å². The fourth-order valence-corrected chi connectivity index (χ4v) is 1.58. The number of carbonyl (C=O) groups excluding carboxylic acids is 2. The van der Waals surface area contributed by atoms with Crippen LogP contribution in [0.4, 0.5) is 4.39 Å². The fourth-order valence-electron chi connectivity index (χ4n) is 1.58. The molecule has 0 heterocycles. The van der Waals surface area contributed by atoms with Gasteiger partial charge in [-0.1, -0.05) is 19.1 Å². The molecule has 0 fully saturated rings. The van der Waals surface area contributed by atoms with Gasteiger partial charge >= 0.3 is 0 Å². The molecule has 0 unspecified atom stereocenters. The molecule has 0 saturated heterocycles. The Hall–Kier alpha value is -1.91. The van der Waals surface area contributed by atoms with Gasteiger partial charge in [0.2, 0.25) is 5.91 Å². The van der Waals surface area contributed by atoms with E-state index in [-0.39, 0.29) is 18.0 Å². The molecule has 1 N–H and O–H groups in total. The summed E-state index contributed by atoms with van der Waals surface area (Å²) >= 11 is 0. The van der Waals surface area contributed by atoms with Crippen LogP contribution in [0.2, 0.25) is 0 Å². The van der Waals surface area contributed by atoms with Crippen molar-refractivity contribution < 1.29 is 14.0 Å². The lowest BCUT2D eigenvalue weighted by atomic mass is 10.2. The summed E-state index contributed by atoms with van der Waals surface area (Å²) in [4.78, 5) is 24.8. The summed E-state index contributed by atoms with van der Waals surface area (Å²) in [6, 6.07) is 5.77. The SMILES string of the molecule is CCCN(CC(=O)NC)C(=O)c1ccccc1F. The van der Waals surface area contributed by atoms with Crippen molar-refractivity contribution in [2.45, 2.75) is 13.3 Å². The van der Waals surface area contributed by atoms with E-state index in [1.165, 1.54) is 30.1 Å². The van der Waals surface area contributed by atoms with Crippen molar-refractivity contribution in [3.63, 3.8) is 0 Å². The van der Waals surface area contributed by atoms with Crippen molar-refractivity contribution >= 4 is 11.8 Å². The summed E-state index contributed by atoms with van der Waals surface area (Å²) in [7, 11) is 1.50. The number of nitrogens with zero attached hydrogens (tertiary/aromatic N) is 1. The first-order valence-electron chi connectivity index (χ1n) is 5.84. The van der Waals surface area contributed by atoms with Crippen molar-refractivity contribution in [2.24, 2.45) is 0 Å². The standard InChI is InChI=1S/C13H17FN2O2/c1-3-8-16(9-12(17)15-2)13(18)10-6-4-5-7-11(10)14/h4-7H,3,8-9H2,1-2H3,(H,15,17). The molecule has 0 aliphatic carbocycles. The molecule has 1 aromatic carbocycles. The zero-order chi connectivity index (χ0) is 13.5. The second-order valence-electron chi connectivity index (χ2n) is 3.88. The van der Waals surface area contributed by atoms with Crippen LogP contribution in [0.1, 0.15) is 23.7 Å². The minimum atomic E-state index is -0.569. The number of carbonyl (C=O) groups is 2.